The highest BCUT2D eigenvalue weighted by molar-refractivity contribution is 9.10. The van der Waals surface area contributed by atoms with E-state index in [0.717, 1.165) is 15.2 Å². The van der Waals surface area contributed by atoms with Gasteiger partial charge >= 0.3 is 0 Å². The van der Waals surface area contributed by atoms with Crippen LogP contribution in [0.2, 0.25) is 0 Å². The van der Waals surface area contributed by atoms with Crippen LogP contribution in [0.15, 0.2) is 41.3 Å². The molecule has 7 nitrogen and oxygen atoms in total. The highest BCUT2D eigenvalue weighted by Crippen LogP contribution is 2.25. The van der Waals surface area contributed by atoms with Crippen LogP contribution in [0.1, 0.15) is 20.8 Å². The van der Waals surface area contributed by atoms with Crippen LogP contribution < -0.4 is 10.4 Å². The summed E-state index contributed by atoms with van der Waals surface area (Å²) in [5.74, 6) is 0.742. The molecule has 0 aliphatic carbocycles. The van der Waals surface area contributed by atoms with Crippen LogP contribution in [-0.4, -0.2) is 30.7 Å². The first-order valence-electron chi connectivity index (χ1n) is 7.34. The van der Waals surface area contributed by atoms with Crippen molar-refractivity contribution in [2.24, 2.45) is 0 Å². The first-order valence-corrected chi connectivity index (χ1v) is 8.13. The Morgan fingerprint density at radius 1 is 1.17 bits per heavy atom. The minimum Gasteiger partial charge on any atom is -0.338 e. The lowest BCUT2D eigenvalue weighted by Gasteiger charge is -2.29. The van der Waals surface area contributed by atoms with Crippen LogP contribution in [0.25, 0.3) is 11.0 Å². The third-order valence-corrected chi connectivity index (χ3v) is 3.77. The van der Waals surface area contributed by atoms with Crippen molar-refractivity contribution in [1.29, 1.82) is 0 Å². The molecule has 24 heavy (non-hydrogen) atoms. The van der Waals surface area contributed by atoms with E-state index >= 15 is 0 Å². The molecule has 2 aromatic heterocycles. The zero-order valence-corrected chi connectivity index (χ0v) is 15.1. The molecular formula is C16H17BrN6O. The number of benzene rings is 1. The molecule has 3 aromatic rings. The Morgan fingerprint density at radius 3 is 2.67 bits per heavy atom. The van der Waals surface area contributed by atoms with Crippen molar-refractivity contribution in [2.75, 3.05) is 10.4 Å². The molecule has 0 amide bonds. The van der Waals surface area contributed by atoms with E-state index < -0.39 is 5.54 Å². The summed E-state index contributed by atoms with van der Waals surface area (Å²) in [4.78, 5) is 17.0. The van der Waals surface area contributed by atoms with Crippen molar-refractivity contribution in [1.82, 2.24) is 19.9 Å². The van der Waals surface area contributed by atoms with Crippen LogP contribution in [0.5, 0.6) is 0 Å². The number of nitrogens with zero attached hydrogens (tertiary/aromatic N) is 5. The summed E-state index contributed by atoms with van der Waals surface area (Å²) in [6.45, 7) is 5.59. The smallest absolute Gasteiger partial charge is 0.250 e. The number of hydroxylamine groups is 1. The van der Waals surface area contributed by atoms with Gasteiger partial charge in [-0.25, -0.2) is 25.0 Å². The predicted molar refractivity (Wildman–Crippen MR) is 96.6 cm³/mol. The van der Waals surface area contributed by atoms with Gasteiger partial charge in [-0.2, -0.15) is 0 Å². The molecule has 2 N–H and O–H groups in total. The van der Waals surface area contributed by atoms with E-state index in [4.69, 9.17) is 0 Å². The predicted octanol–water partition coefficient (Wildman–Crippen LogP) is 3.92. The van der Waals surface area contributed by atoms with Gasteiger partial charge in [-0.1, -0.05) is 22.0 Å². The zero-order chi connectivity index (χ0) is 17.3. The first kappa shape index (κ1) is 16.5. The Labute approximate surface area is 147 Å². The molecule has 0 saturated carbocycles. The molecule has 0 saturated heterocycles. The molecule has 0 radical (unpaired) electrons. The van der Waals surface area contributed by atoms with Crippen LogP contribution in [0, 0.1) is 0 Å². The Morgan fingerprint density at radius 2 is 1.96 bits per heavy atom. The van der Waals surface area contributed by atoms with Crippen molar-refractivity contribution < 1.29 is 5.21 Å². The molecule has 0 aliphatic heterocycles. The van der Waals surface area contributed by atoms with E-state index in [1.165, 1.54) is 6.33 Å². The highest BCUT2D eigenvalue weighted by Gasteiger charge is 2.23. The fraction of sp³-hybridized carbons (Fsp3) is 0.250. The van der Waals surface area contributed by atoms with E-state index in [9.17, 15) is 5.21 Å². The molecule has 1 aromatic carbocycles. The molecule has 8 heteroatoms. The van der Waals surface area contributed by atoms with E-state index in [0.29, 0.717) is 16.9 Å². The second-order valence-electron chi connectivity index (χ2n) is 6.24. The fourth-order valence-corrected chi connectivity index (χ4v) is 2.44. The summed E-state index contributed by atoms with van der Waals surface area (Å²) in [6.07, 6.45) is 3.02. The number of nitrogens with one attached hydrogen (secondary N) is 1. The SMILES string of the molecule is CC(C)(C)N(O)c1ncc2ncnc(Nc3cccc(Br)c3)c2n1. The largest absolute Gasteiger partial charge is 0.338 e. The van der Waals surface area contributed by atoms with Gasteiger partial charge in [0.05, 0.1) is 11.7 Å². The first-order chi connectivity index (χ1) is 11.3. The van der Waals surface area contributed by atoms with Gasteiger partial charge in [0.15, 0.2) is 5.82 Å². The number of hydrogen-bond donors (Lipinski definition) is 2. The van der Waals surface area contributed by atoms with E-state index in [1.807, 2.05) is 45.0 Å². The second-order valence-corrected chi connectivity index (χ2v) is 7.16. The number of fused-ring (bicyclic) bond motifs is 1. The topological polar surface area (TPSA) is 87.1 Å². The van der Waals surface area contributed by atoms with Gasteiger partial charge < -0.3 is 5.32 Å². The quantitative estimate of drug-likeness (QED) is 0.657. The molecule has 2 heterocycles. The Hall–Kier alpha value is -2.32. The maximum atomic E-state index is 10.3. The molecule has 0 fully saturated rings. The normalized spacial score (nSPS) is 11.5. The number of halogens is 1. The number of anilines is 3. The van der Waals surface area contributed by atoms with Gasteiger partial charge in [0.2, 0.25) is 0 Å². The molecule has 0 atom stereocenters. The fourth-order valence-electron chi connectivity index (χ4n) is 2.04. The minimum absolute atomic E-state index is 0.196. The van der Waals surface area contributed by atoms with Gasteiger partial charge in [-0.15, -0.1) is 0 Å². The lowest BCUT2D eigenvalue weighted by Crippen LogP contribution is -2.39. The lowest BCUT2D eigenvalue weighted by atomic mass is 10.1. The number of hydrogen-bond acceptors (Lipinski definition) is 7. The second kappa shape index (κ2) is 6.29. The Balaban J connectivity index is 2.05. The minimum atomic E-state index is -0.527. The van der Waals surface area contributed by atoms with Crippen LogP contribution >= 0.6 is 15.9 Å². The van der Waals surface area contributed by atoms with E-state index in [-0.39, 0.29) is 5.95 Å². The maximum absolute atomic E-state index is 10.3. The standard InChI is InChI=1S/C16H17BrN6O/c1-16(2,3)23(24)15-18-8-12-13(22-15)14(20-9-19-12)21-11-6-4-5-10(17)7-11/h4-9,24H,1-3H3,(H,19,20,21). The van der Waals surface area contributed by atoms with Crippen LogP contribution in [0.3, 0.4) is 0 Å². The van der Waals surface area contributed by atoms with Crippen molar-refractivity contribution in [3.05, 3.63) is 41.3 Å². The summed E-state index contributed by atoms with van der Waals surface area (Å²) in [6, 6.07) is 7.72. The van der Waals surface area contributed by atoms with Crippen LogP contribution in [0.4, 0.5) is 17.5 Å². The van der Waals surface area contributed by atoms with Crippen molar-refractivity contribution in [2.45, 2.75) is 26.3 Å². The van der Waals surface area contributed by atoms with Gasteiger partial charge in [0, 0.05) is 10.2 Å². The average molecular weight is 389 g/mol. The van der Waals surface area contributed by atoms with E-state index in [2.05, 4.69) is 41.2 Å². The summed E-state index contributed by atoms with van der Waals surface area (Å²) < 4.78 is 0.954. The lowest BCUT2D eigenvalue weighted by molar-refractivity contribution is 0.175. The average Bonchev–Trinajstić information content (AvgIpc) is 2.53. The molecule has 0 aliphatic rings. The monoisotopic (exact) mass is 388 g/mol. The summed E-state index contributed by atoms with van der Waals surface area (Å²) in [7, 11) is 0. The van der Waals surface area contributed by atoms with Crippen molar-refractivity contribution in [3.8, 4) is 0 Å². The van der Waals surface area contributed by atoms with Crippen LogP contribution in [-0.2, 0) is 0 Å². The van der Waals surface area contributed by atoms with Gasteiger partial charge in [0.1, 0.15) is 17.4 Å². The van der Waals surface area contributed by atoms with Gasteiger partial charge in [-0.05, 0) is 39.0 Å². The zero-order valence-electron chi connectivity index (χ0n) is 13.5. The third kappa shape index (κ3) is 3.44. The van der Waals surface area contributed by atoms with Gasteiger partial charge in [-0.3, -0.25) is 5.21 Å². The number of rotatable bonds is 3. The molecular weight excluding hydrogens is 372 g/mol. The van der Waals surface area contributed by atoms with Crippen molar-refractivity contribution >= 4 is 44.4 Å². The maximum Gasteiger partial charge on any atom is 0.250 e. The van der Waals surface area contributed by atoms with Gasteiger partial charge in [0.25, 0.3) is 5.95 Å². The number of aromatic nitrogens is 4. The molecule has 3 rings (SSSR count). The van der Waals surface area contributed by atoms with Crippen molar-refractivity contribution in [3.63, 3.8) is 0 Å². The van der Waals surface area contributed by atoms with E-state index in [1.54, 1.807) is 6.20 Å². The summed E-state index contributed by atoms with van der Waals surface area (Å²) in [5, 5.41) is 14.5. The Bertz CT molecular complexity index is 880. The molecule has 0 unspecified atom stereocenters. The third-order valence-electron chi connectivity index (χ3n) is 3.28. The highest BCUT2D eigenvalue weighted by atomic mass is 79.9. The summed E-state index contributed by atoms with van der Waals surface area (Å²) in [5.41, 5.74) is 1.46. The molecule has 0 spiro atoms. The summed E-state index contributed by atoms with van der Waals surface area (Å²) >= 11 is 3.44. The Kier molecular flexibility index (Phi) is 4.33. The molecule has 124 valence electrons. The molecule has 0 bridgehead atoms.